The summed E-state index contributed by atoms with van der Waals surface area (Å²) < 4.78 is 10.3. The molecule has 0 unspecified atom stereocenters. The Morgan fingerprint density at radius 1 is 1.17 bits per heavy atom. The molecule has 0 saturated carbocycles. The highest BCUT2D eigenvalue weighted by molar-refractivity contribution is 5.93. The molecule has 0 atom stereocenters. The van der Waals surface area contributed by atoms with E-state index >= 15 is 0 Å². The minimum absolute atomic E-state index is 0.155. The van der Waals surface area contributed by atoms with E-state index in [1.54, 1.807) is 32.4 Å². The van der Waals surface area contributed by atoms with E-state index in [2.05, 4.69) is 10.3 Å². The molecule has 6 nitrogen and oxygen atoms in total. The number of guanidine groups is 1. The summed E-state index contributed by atoms with van der Waals surface area (Å²) >= 11 is 0. The number of aliphatic imine (C=N–C) groups is 1. The fourth-order valence-corrected chi connectivity index (χ4v) is 2.09. The van der Waals surface area contributed by atoms with Crippen LogP contribution >= 0.6 is 0 Å². The summed E-state index contributed by atoms with van der Waals surface area (Å²) in [5.41, 5.74) is 8.38. The molecule has 0 aliphatic rings. The Morgan fingerprint density at radius 2 is 1.96 bits per heavy atom. The molecule has 0 bridgehead atoms. The summed E-state index contributed by atoms with van der Waals surface area (Å²) in [5, 5.41) is 12.9. The van der Waals surface area contributed by atoms with Crippen LogP contribution in [0.15, 0.2) is 47.5 Å². The topological polar surface area (TPSA) is 89.1 Å². The smallest absolute Gasteiger partial charge is 0.193 e. The number of nitrogens with two attached hydrogens (primary N) is 1. The van der Waals surface area contributed by atoms with Crippen LogP contribution < -0.4 is 15.8 Å². The first-order valence-electron chi connectivity index (χ1n) is 7.13. The number of para-hydroxylation sites is 1. The summed E-state index contributed by atoms with van der Waals surface area (Å²) in [7, 11) is 3.21. The number of anilines is 1. The standard InChI is InChI=1S/C17H21N3O3/c1-22-11-12-5-3-4-6-15(12)20-17(18)19-10-13-9-14(23-2)7-8-16(13)21/h3-9,21H,10-11H2,1-2H3,(H3,18,19,20). The molecule has 2 rings (SSSR count). The van der Waals surface area contributed by atoms with Gasteiger partial charge in [-0.2, -0.15) is 0 Å². The lowest BCUT2D eigenvalue weighted by atomic mass is 10.2. The third-order valence-electron chi connectivity index (χ3n) is 3.29. The SMILES string of the molecule is COCc1ccccc1NC(N)=NCc1cc(OC)ccc1O. The molecule has 0 saturated heterocycles. The van der Waals surface area contributed by atoms with Crippen LogP contribution in [0.25, 0.3) is 0 Å². The Labute approximate surface area is 135 Å². The molecule has 0 radical (unpaired) electrons. The molecule has 0 aliphatic heterocycles. The van der Waals surface area contributed by atoms with Crippen molar-refractivity contribution >= 4 is 11.6 Å². The van der Waals surface area contributed by atoms with Crippen molar-refractivity contribution in [3.8, 4) is 11.5 Å². The minimum atomic E-state index is 0.155. The summed E-state index contributed by atoms with van der Waals surface area (Å²) in [5.74, 6) is 1.07. The zero-order chi connectivity index (χ0) is 16.7. The van der Waals surface area contributed by atoms with Crippen LogP contribution in [0.5, 0.6) is 11.5 Å². The van der Waals surface area contributed by atoms with Crippen molar-refractivity contribution in [2.75, 3.05) is 19.5 Å². The summed E-state index contributed by atoms with van der Waals surface area (Å²) in [6.45, 7) is 0.724. The van der Waals surface area contributed by atoms with Gasteiger partial charge in [0.05, 0.1) is 20.3 Å². The molecule has 2 aromatic rings. The molecule has 0 heterocycles. The van der Waals surface area contributed by atoms with Crippen LogP contribution in [0.1, 0.15) is 11.1 Å². The molecule has 0 aromatic heterocycles. The zero-order valence-electron chi connectivity index (χ0n) is 13.2. The molecule has 23 heavy (non-hydrogen) atoms. The van der Waals surface area contributed by atoms with Crippen molar-refractivity contribution in [3.63, 3.8) is 0 Å². The van der Waals surface area contributed by atoms with Gasteiger partial charge < -0.3 is 25.6 Å². The lowest BCUT2D eigenvalue weighted by Gasteiger charge is -2.11. The Hall–Kier alpha value is -2.73. The van der Waals surface area contributed by atoms with Gasteiger partial charge in [0.2, 0.25) is 0 Å². The largest absolute Gasteiger partial charge is 0.508 e. The fraction of sp³-hybridized carbons (Fsp3) is 0.235. The molecule has 0 spiro atoms. The van der Waals surface area contributed by atoms with E-state index in [9.17, 15) is 5.11 Å². The summed E-state index contributed by atoms with van der Waals surface area (Å²) in [4.78, 5) is 4.25. The fourth-order valence-electron chi connectivity index (χ4n) is 2.09. The Balaban J connectivity index is 2.09. The summed E-state index contributed by atoms with van der Waals surface area (Å²) in [6.07, 6.45) is 0. The van der Waals surface area contributed by atoms with Crippen molar-refractivity contribution in [1.29, 1.82) is 0 Å². The number of phenolic OH excluding ortho intramolecular Hbond substituents is 1. The molecule has 0 aliphatic carbocycles. The lowest BCUT2D eigenvalue weighted by Crippen LogP contribution is -2.23. The number of hydrogen-bond acceptors (Lipinski definition) is 4. The number of benzene rings is 2. The lowest BCUT2D eigenvalue weighted by molar-refractivity contribution is 0.185. The van der Waals surface area contributed by atoms with Gasteiger partial charge in [-0.25, -0.2) is 4.99 Å². The van der Waals surface area contributed by atoms with Gasteiger partial charge in [-0.15, -0.1) is 0 Å². The Kier molecular flexibility index (Phi) is 5.82. The third kappa shape index (κ3) is 4.62. The number of nitrogens with zero attached hydrogens (tertiary/aromatic N) is 1. The van der Waals surface area contributed by atoms with E-state index in [1.165, 1.54) is 0 Å². The van der Waals surface area contributed by atoms with Crippen LogP contribution in [0.3, 0.4) is 0 Å². The number of phenols is 1. The molecular formula is C17H21N3O3. The van der Waals surface area contributed by atoms with Gasteiger partial charge in [-0.05, 0) is 24.3 Å². The van der Waals surface area contributed by atoms with E-state index in [0.29, 0.717) is 17.9 Å². The molecule has 0 amide bonds. The highest BCUT2D eigenvalue weighted by Crippen LogP contribution is 2.23. The molecule has 4 N–H and O–H groups in total. The molecule has 122 valence electrons. The number of methoxy groups -OCH3 is 2. The molecule has 0 fully saturated rings. The first-order valence-corrected chi connectivity index (χ1v) is 7.13. The van der Waals surface area contributed by atoms with Crippen molar-refractivity contribution in [1.82, 2.24) is 0 Å². The van der Waals surface area contributed by atoms with Crippen LogP contribution in [-0.4, -0.2) is 25.3 Å². The van der Waals surface area contributed by atoms with Gasteiger partial charge in [-0.3, -0.25) is 0 Å². The van der Waals surface area contributed by atoms with Crippen molar-refractivity contribution < 1.29 is 14.6 Å². The van der Waals surface area contributed by atoms with E-state index in [-0.39, 0.29) is 18.3 Å². The maximum absolute atomic E-state index is 9.84. The van der Waals surface area contributed by atoms with Crippen molar-refractivity contribution in [3.05, 3.63) is 53.6 Å². The Morgan fingerprint density at radius 3 is 2.70 bits per heavy atom. The highest BCUT2D eigenvalue weighted by atomic mass is 16.5. The van der Waals surface area contributed by atoms with E-state index in [0.717, 1.165) is 11.3 Å². The van der Waals surface area contributed by atoms with Crippen LogP contribution in [0.4, 0.5) is 5.69 Å². The number of ether oxygens (including phenoxy) is 2. The highest BCUT2D eigenvalue weighted by Gasteiger charge is 2.05. The first kappa shape index (κ1) is 16.6. The van der Waals surface area contributed by atoms with Crippen molar-refractivity contribution in [2.24, 2.45) is 10.7 Å². The van der Waals surface area contributed by atoms with E-state index in [1.807, 2.05) is 24.3 Å². The monoisotopic (exact) mass is 315 g/mol. The quantitative estimate of drug-likeness (QED) is 0.563. The number of rotatable bonds is 6. The predicted octanol–water partition coefficient (Wildman–Crippen LogP) is 2.47. The van der Waals surface area contributed by atoms with Gasteiger partial charge in [0, 0.05) is 23.9 Å². The van der Waals surface area contributed by atoms with Gasteiger partial charge in [-0.1, -0.05) is 18.2 Å². The average molecular weight is 315 g/mol. The van der Waals surface area contributed by atoms with E-state index < -0.39 is 0 Å². The molecule has 6 heteroatoms. The second kappa shape index (κ2) is 8.05. The zero-order valence-corrected chi connectivity index (χ0v) is 13.2. The first-order chi connectivity index (χ1) is 11.1. The van der Waals surface area contributed by atoms with Crippen LogP contribution in [-0.2, 0) is 17.9 Å². The van der Waals surface area contributed by atoms with Gasteiger partial charge in [0.25, 0.3) is 0 Å². The number of nitrogens with one attached hydrogen (secondary N) is 1. The second-order valence-electron chi connectivity index (χ2n) is 4.91. The maximum atomic E-state index is 9.84. The molecule has 2 aromatic carbocycles. The third-order valence-corrected chi connectivity index (χ3v) is 3.29. The number of aromatic hydroxyl groups is 1. The average Bonchev–Trinajstić information content (AvgIpc) is 2.56. The van der Waals surface area contributed by atoms with Crippen LogP contribution in [0, 0.1) is 0 Å². The second-order valence-corrected chi connectivity index (χ2v) is 4.91. The van der Waals surface area contributed by atoms with Crippen molar-refractivity contribution in [2.45, 2.75) is 13.2 Å². The normalized spacial score (nSPS) is 11.3. The van der Waals surface area contributed by atoms with E-state index in [4.69, 9.17) is 15.2 Å². The van der Waals surface area contributed by atoms with Crippen LogP contribution in [0.2, 0.25) is 0 Å². The van der Waals surface area contributed by atoms with Gasteiger partial charge in [0.1, 0.15) is 11.5 Å². The predicted molar refractivity (Wildman–Crippen MR) is 90.8 cm³/mol. The van der Waals surface area contributed by atoms with Gasteiger partial charge >= 0.3 is 0 Å². The minimum Gasteiger partial charge on any atom is -0.508 e. The van der Waals surface area contributed by atoms with Gasteiger partial charge in [0.15, 0.2) is 5.96 Å². The maximum Gasteiger partial charge on any atom is 0.193 e. The Bertz CT molecular complexity index is 687. The number of hydrogen-bond donors (Lipinski definition) is 3. The summed E-state index contributed by atoms with van der Waals surface area (Å²) in [6, 6.07) is 12.7. The molecular weight excluding hydrogens is 294 g/mol.